The first-order valence-corrected chi connectivity index (χ1v) is 13.4. The lowest BCUT2D eigenvalue weighted by Crippen LogP contribution is -2.40. The summed E-state index contributed by atoms with van der Waals surface area (Å²) < 4.78 is 38.8. The van der Waals surface area contributed by atoms with Gasteiger partial charge in [-0.2, -0.15) is 4.31 Å². The van der Waals surface area contributed by atoms with Crippen LogP contribution in [0.5, 0.6) is 5.75 Å². The quantitative estimate of drug-likeness (QED) is 0.615. The molecular weight excluding hydrogens is 454 g/mol. The number of hydrogen-bond acceptors (Lipinski definition) is 6. The van der Waals surface area contributed by atoms with Crippen molar-refractivity contribution < 1.29 is 22.7 Å². The van der Waals surface area contributed by atoms with Crippen LogP contribution in [0.3, 0.4) is 0 Å². The van der Waals surface area contributed by atoms with Crippen LogP contribution in [0.1, 0.15) is 31.7 Å². The number of carbonyl (C=O) groups is 1. The van der Waals surface area contributed by atoms with E-state index < -0.39 is 10.0 Å². The number of piperidine rings is 1. The lowest BCUT2D eigenvalue weighted by molar-refractivity contribution is -0.118. The Balaban J connectivity index is 1.53. The Morgan fingerprint density at radius 1 is 1.00 bits per heavy atom. The van der Waals surface area contributed by atoms with E-state index in [0.29, 0.717) is 37.7 Å². The van der Waals surface area contributed by atoms with Gasteiger partial charge in [0.1, 0.15) is 5.75 Å². The number of nitrogens with zero attached hydrogens (tertiary/aromatic N) is 2. The van der Waals surface area contributed by atoms with Gasteiger partial charge in [0.25, 0.3) is 5.91 Å². The standard InChI is InChI=1S/C25H33N3O5S/c1-2-20-6-8-21(9-7-20)33-19-25(29)26-23-18-22(34(30,31)28-14-16-32-17-15-28)10-11-24(23)27-12-4-3-5-13-27/h6-11,18H,2-5,12-17,19H2,1H3,(H,26,29). The molecule has 8 nitrogen and oxygen atoms in total. The van der Waals surface area contributed by atoms with Crippen LogP contribution >= 0.6 is 0 Å². The Bertz CT molecular complexity index is 1080. The molecule has 4 rings (SSSR count). The van der Waals surface area contributed by atoms with Gasteiger partial charge in [-0.05, 0) is 61.6 Å². The van der Waals surface area contributed by atoms with Gasteiger partial charge in [-0.25, -0.2) is 8.42 Å². The number of aryl methyl sites for hydroxylation is 1. The zero-order chi connectivity index (χ0) is 24.0. The molecule has 2 aromatic carbocycles. The van der Waals surface area contributed by atoms with Crippen molar-refractivity contribution in [3.63, 3.8) is 0 Å². The molecule has 2 aliphatic heterocycles. The molecule has 1 amide bonds. The first-order chi connectivity index (χ1) is 16.5. The molecule has 9 heteroatoms. The summed E-state index contributed by atoms with van der Waals surface area (Å²) in [6, 6.07) is 12.7. The fourth-order valence-electron chi connectivity index (χ4n) is 4.28. The van der Waals surface area contributed by atoms with Crippen molar-refractivity contribution in [3.05, 3.63) is 48.0 Å². The Labute approximate surface area is 201 Å². The van der Waals surface area contributed by atoms with Gasteiger partial charge >= 0.3 is 0 Å². The predicted octanol–water partition coefficient (Wildman–Crippen LogP) is 3.28. The van der Waals surface area contributed by atoms with E-state index >= 15 is 0 Å². The monoisotopic (exact) mass is 487 g/mol. The SMILES string of the molecule is CCc1ccc(OCC(=O)Nc2cc(S(=O)(=O)N3CCOCC3)ccc2N2CCCCC2)cc1. The van der Waals surface area contributed by atoms with Crippen LogP contribution < -0.4 is 15.0 Å². The zero-order valence-electron chi connectivity index (χ0n) is 19.7. The van der Waals surface area contributed by atoms with E-state index in [2.05, 4.69) is 17.1 Å². The fraction of sp³-hybridized carbons (Fsp3) is 0.480. The summed E-state index contributed by atoms with van der Waals surface area (Å²) in [5.74, 6) is 0.283. The van der Waals surface area contributed by atoms with Gasteiger partial charge in [0.05, 0.1) is 29.5 Å². The second-order valence-electron chi connectivity index (χ2n) is 8.58. The highest BCUT2D eigenvalue weighted by Gasteiger charge is 2.28. The molecule has 2 saturated heterocycles. The Hall–Kier alpha value is -2.62. The van der Waals surface area contributed by atoms with Crippen molar-refractivity contribution in [2.24, 2.45) is 0 Å². The number of hydrogen-bond donors (Lipinski definition) is 1. The molecule has 34 heavy (non-hydrogen) atoms. The number of morpholine rings is 1. The first-order valence-electron chi connectivity index (χ1n) is 12.0. The molecule has 2 heterocycles. The predicted molar refractivity (Wildman–Crippen MR) is 132 cm³/mol. The van der Waals surface area contributed by atoms with Crippen molar-refractivity contribution in [2.75, 3.05) is 56.2 Å². The number of sulfonamides is 1. The average Bonchev–Trinajstić information content (AvgIpc) is 2.89. The third kappa shape index (κ3) is 5.89. The lowest BCUT2D eigenvalue weighted by atomic mass is 10.1. The van der Waals surface area contributed by atoms with Crippen molar-refractivity contribution in [2.45, 2.75) is 37.5 Å². The maximum absolute atomic E-state index is 13.2. The van der Waals surface area contributed by atoms with Crippen LogP contribution in [0, 0.1) is 0 Å². The van der Waals surface area contributed by atoms with Crippen LogP contribution in [0.4, 0.5) is 11.4 Å². The minimum atomic E-state index is -3.68. The van der Waals surface area contributed by atoms with Gasteiger partial charge in [0, 0.05) is 26.2 Å². The second kappa shape index (κ2) is 11.2. The van der Waals surface area contributed by atoms with Crippen LogP contribution in [0.25, 0.3) is 0 Å². The summed E-state index contributed by atoms with van der Waals surface area (Å²) >= 11 is 0. The van der Waals surface area contributed by atoms with E-state index in [1.807, 2.05) is 24.3 Å². The first kappa shape index (κ1) is 24.5. The number of amides is 1. The van der Waals surface area contributed by atoms with E-state index in [1.54, 1.807) is 18.2 Å². The Morgan fingerprint density at radius 3 is 2.38 bits per heavy atom. The maximum Gasteiger partial charge on any atom is 0.262 e. The number of carbonyl (C=O) groups excluding carboxylic acids is 1. The number of benzene rings is 2. The average molecular weight is 488 g/mol. The molecular formula is C25H33N3O5S. The van der Waals surface area contributed by atoms with Gasteiger partial charge in [-0.15, -0.1) is 0 Å². The largest absolute Gasteiger partial charge is 0.484 e. The smallest absolute Gasteiger partial charge is 0.262 e. The van der Waals surface area contributed by atoms with Crippen molar-refractivity contribution >= 4 is 27.3 Å². The zero-order valence-corrected chi connectivity index (χ0v) is 20.5. The molecule has 0 aliphatic carbocycles. The van der Waals surface area contributed by atoms with Crippen molar-refractivity contribution in [1.82, 2.24) is 4.31 Å². The van der Waals surface area contributed by atoms with E-state index in [9.17, 15) is 13.2 Å². The maximum atomic E-state index is 13.2. The van der Waals surface area contributed by atoms with Crippen LogP contribution in [0.2, 0.25) is 0 Å². The number of ether oxygens (including phenoxy) is 2. The van der Waals surface area contributed by atoms with E-state index in [4.69, 9.17) is 9.47 Å². The normalized spacial score (nSPS) is 17.4. The third-order valence-corrected chi connectivity index (χ3v) is 8.14. The minimum Gasteiger partial charge on any atom is -0.484 e. The summed E-state index contributed by atoms with van der Waals surface area (Å²) in [6.45, 7) is 5.07. The number of anilines is 2. The fourth-order valence-corrected chi connectivity index (χ4v) is 5.71. The van der Waals surface area contributed by atoms with Crippen LogP contribution in [-0.2, 0) is 26.0 Å². The summed E-state index contributed by atoms with van der Waals surface area (Å²) in [5, 5.41) is 2.90. The molecule has 0 atom stereocenters. The van der Waals surface area contributed by atoms with E-state index in [0.717, 1.165) is 38.0 Å². The highest BCUT2D eigenvalue weighted by Crippen LogP contribution is 2.32. The van der Waals surface area contributed by atoms with Crippen molar-refractivity contribution in [3.8, 4) is 5.75 Å². The molecule has 2 aliphatic rings. The topological polar surface area (TPSA) is 88.2 Å². The van der Waals surface area contributed by atoms with E-state index in [-0.39, 0.29) is 17.4 Å². The lowest BCUT2D eigenvalue weighted by Gasteiger charge is -2.31. The molecule has 0 aromatic heterocycles. The second-order valence-corrected chi connectivity index (χ2v) is 10.5. The number of rotatable bonds is 8. The highest BCUT2D eigenvalue weighted by molar-refractivity contribution is 7.89. The Kier molecular flexibility index (Phi) is 8.07. The molecule has 0 bridgehead atoms. The molecule has 2 aromatic rings. The molecule has 0 radical (unpaired) electrons. The van der Waals surface area contributed by atoms with E-state index in [1.165, 1.54) is 16.3 Å². The Morgan fingerprint density at radius 2 is 1.71 bits per heavy atom. The summed E-state index contributed by atoms with van der Waals surface area (Å²) in [7, 11) is -3.68. The molecule has 0 unspecified atom stereocenters. The molecule has 184 valence electrons. The summed E-state index contributed by atoms with van der Waals surface area (Å²) in [6.07, 6.45) is 4.24. The van der Waals surface area contributed by atoms with Gasteiger partial charge in [-0.3, -0.25) is 4.79 Å². The highest BCUT2D eigenvalue weighted by atomic mass is 32.2. The number of nitrogens with one attached hydrogen (secondary N) is 1. The van der Waals surface area contributed by atoms with Crippen molar-refractivity contribution in [1.29, 1.82) is 0 Å². The summed E-state index contributed by atoms with van der Waals surface area (Å²) in [4.78, 5) is 15.1. The minimum absolute atomic E-state index is 0.161. The molecule has 1 N–H and O–H groups in total. The summed E-state index contributed by atoms with van der Waals surface area (Å²) in [5.41, 5.74) is 2.52. The third-order valence-electron chi connectivity index (χ3n) is 6.25. The van der Waals surface area contributed by atoms with Gasteiger partial charge < -0.3 is 19.7 Å². The van der Waals surface area contributed by atoms with Gasteiger partial charge in [0.2, 0.25) is 10.0 Å². The molecule has 0 spiro atoms. The van der Waals surface area contributed by atoms with Gasteiger partial charge in [0.15, 0.2) is 6.61 Å². The molecule has 0 saturated carbocycles. The van der Waals surface area contributed by atoms with Crippen LogP contribution in [0.15, 0.2) is 47.4 Å². The van der Waals surface area contributed by atoms with Crippen LogP contribution in [-0.4, -0.2) is 64.6 Å². The van der Waals surface area contributed by atoms with Gasteiger partial charge in [-0.1, -0.05) is 19.1 Å². The molecule has 2 fully saturated rings.